The number of pyridine rings is 1. The van der Waals surface area contributed by atoms with E-state index in [4.69, 9.17) is 0 Å². The average Bonchev–Trinajstić information content (AvgIpc) is 2.80. The van der Waals surface area contributed by atoms with Crippen molar-refractivity contribution in [1.29, 1.82) is 0 Å². The van der Waals surface area contributed by atoms with Crippen LogP contribution in [-0.4, -0.2) is 9.97 Å². The highest BCUT2D eigenvalue weighted by Crippen LogP contribution is 2.32. The van der Waals surface area contributed by atoms with Crippen LogP contribution in [0.3, 0.4) is 0 Å². The van der Waals surface area contributed by atoms with Crippen molar-refractivity contribution in [2.45, 2.75) is 6.18 Å². The Morgan fingerprint density at radius 3 is 2.75 bits per heavy atom. The van der Waals surface area contributed by atoms with Crippen LogP contribution in [0.2, 0.25) is 0 Å². The molecule has 0 saturated heterocycles. The van der Waals surface area contributed by atoms with Gasteiger partial charge in [-0.1, -0.05) is 17.4 Å². The smallest absolute Gasteiger partial charge is 0.332 e. The Balaban J connectivity index is 1.91. The predicted octanol–water partition coefficient (Wildman–Crippen LogP) is 4.45. The molecular weight excluding hydrogens is 287 g/mol. The molecule has 0 aliphatic carbocycles. The second-order valence-corrected chi connectivity index (χ2v) is 5.10. The van der Waals surface area contributed by atoms with E-state index in [0.717, 1.165) is 16.8 Å². The first kappa shape index (κ1) is 12.9. The molecule has 1 N–H and O–H groups in total. The molecule has 0 aliphatic heterocycles. The lowest BCUT2D eigenvalue weighted by Gasteiger charge is -2.08. The highest BCUT2D eigenvalue weighted by atomic mass is 32.1. The molecule has 7 heteroatoms. The highest BCUT2D eigenvalue weighted by Gasteiger charge is 2.30. The van der Waals surface area contributed by atoms with Gasteiger partial charge in [0.2, 0.25) is 0 Å². The molecule has 3 nitrogen and oxygen atoms in total. The topological polar surface area (TPSA) is 37.8 Å². The van der Waals surface area contributed by atoms with Crippen molar-refractivity contribution in [2.24, 2.45) is 0 Å². The maximum Gasteiger partial charge on any atom is 0.416 e. The number of nitrogens with zero attached hydrogens (tertiary/aromatic N) is 2. The van der Waals surface area contributed by atoms with Crippen molar-refractivity contribution in [3.05, 3.63) is 48.3 Å². The summed E-state index contributed by atoms with van der Waals surface area (Å²) in [6.07, 6.45) is -1.09. The Morgan fingerprint density at radius 1 is 1.15 bits per heavy atom. The molecule has 2 heterocycles. The molecule has 0 saturated carbocycles. The number of fused-ring (bicyclic) bond motifs is 1. The van der Waals surface area contributed by atoms with Crippen molar-refractivity contribution >= 4 is 32.4 Å². The maximum atomic E-state index is 12.6. The second-order valence-electron chi connectivity index (χ2n) is 4.07. The van der Waals surface area contributed by atoms with Crippen LogP contribution in [0.15, 0.2) is 42.7 Å². The minimum atomic E-state index is -4.35. The molecule has 102 valence electrons. The van der Waals surface area contributed by atoms with Gasteiger partial charge in [-0.05, 0) is 24.3 Å². The first-order valence-corrected chi connectivity index (χ1v) is 6.49. The van der Waals surface area contributed by atoms with Gasteiger partial charge in [-0.2, -0.15) is 13.2 Å². The fourth-order valence-corrected chi connectivity index (χ4v) is 2.58. The highest BCUT2D eigenvalue weighted by molar-refractivity contribution is 7.22. The molecule has 0 fully saturated rings. The molecule has 0 spiro atoms. The van der Waals surface area contributed by atoms with E-state index in [1.807, 2.05) is 6.07 Å². The van der Waals surface area contributed by atoms with Gasteiger partial charge in [0.1, 0.15) is 5.52 Å². The lowest BCUT2D eigenvalue weighted by atomic mass is 10.2. The van der Waals surface area contributed by atoms with Crippen LogP contribution in [0.25, 0.3) is 10.2 Å². The van der Waals surface area contributed by atoms with E-state index in [-0.39, 0.29) is 0 Å². The fourth-order valence-electron chi connectivity index (χ4n) is 1.73. The van der Waals surface area contributed by atoms with Gasteiger partial charge in [0.15, 0.2) is 5.13 Å². The lowest BCUT2D eigenvalue weighted by molar-refractivity contribution is -0.137. The number of hydrogen-bond donors (Lipinski definition) is 1. The van der Waals surface area contributed by atoms with E-state index in [2.05, 4.69) is 15.3 Å². The van der Waals surface area contributed by atoms with Crippen LogP contribution in [0.4, 0.5) is 24.0 Å². The fraction of sp³-hybridized carbons (Fsp3) is 0.0769. The predicted molar refractivity (Wildman–Crippen MR) is 72.1 cm³/mol. The number of aromatic nitrogens is 2. The number of thiazole rings is 1. The summed E-state index contributed by atoms with van der Waals surface area (Å²) in [7, 11) is 0. The summed E-state index contributed by atoms with van der Waals surface area (Å²) in [4.78, 5) is 8.21. The maximum absolute atomic E-state index is 12.6. The van der Waals surface area contributed by atoms with Crippen LogP contribution >= 0.6 is 11.3 Å². The number of anilines is 2. The van der Waals surface area contributed by atoms with Crippen LogP contribution in [0, 0.1) is 0 Å². The molecule has 2 aromatic heterocycles. The molecule has 1 aromatic carbocycles. The summed E-state index contributed by atoms with van der Waals surface area (Å²) in [5, 5.41) is 3.42. The zero-order chi connectivity index (χ0) is 14.2. The van der Waals surface area contributed by atoms with E-state index in [1.54, 1.807) is 18.5 Å². The summed E-state index contributed by atoms with van der Waals surface area (Å²) >= 11 is 1.36. The van der Waals surface area contributed by atoms with E-state index in [1.165, 1.54) is 17.4 Å². The summed E-state index contributed by atoms with van der Waals surface area (Å²) in [5.41, 5.74) is 0.379. The van der Waals surface area contributed by atoms with Crippen LogP contribution < -0.4 is 5.32 Å². The van der Waals surface area contributed by atoms with Gasteiger partial charge in [0, 0.05) is 11.9 Å². The quantitative estimate of drug-likeness (QED) is 0.758. The van der Waals surface area contributed by atoms with Crippen LogP contribution in [0.5, 0.6) is 0 Å². The Hall–Kier alpha value is -2.15. The third-order valence-corrected chi connectivity index (χ3v) is 3.58. The van der Waals surface area contributed by atoms with Gasteiger partial charge in [0.05, 0.1) is 16.5 Å². The molecule has 0 radical (unpaired) electrons. The third-order valence-electron chi connectivity index (χ3n) is 2.63. The summed E-state index contributed by atoms with van der Waals surface area (Å²) in [6, 6.07) is 6.83. The summed E-state index contributed by atoms with van der Waals surface area (Å²) in [6.45, 7) is 0. The normalized spacial score (nSPS) is 11.8. The molecule has 0 unspecified atom stereocenters. The molecular formula is C13H8F3N3S. The lowest BCUT2D eigenvalue weighted by Crippen LogP contribution is -2.05. The summed E-state index contributed by atoms with van der Waals surface area (Å²) in [5.74, 6) is 0. The number of halogens is 3. The minimum Gasteiger partial charge on any atom is -0.332 e. The Labute approximate surface area is 116 Å². The SMILES string of the molecule is FC(F)(F)c1cccc(Nc2nc3cnccc3s2)c1. The largest absolute Gasteiger partial charge is 0.416 e. The molecule has 0 aliphatic rings. The first-order chi connectivity index (χ1) is 9.52. The van der Waals surface area contributed by atoms with E-state index < -0.39 is 11.7 Å². The number of benzene rings is 1. The van der Waals surface area contributed by atoms with Gasteiger partial charge in [0.25, 0.3) is 0 Å². The van der Waals surface area contributed by atoms with Crippen molar-refractivity contribution in [3.8, 4) is 0 Å². The van der Waals surface area contributed by atoms with Gasteiger partial charge < -0.3 is 5.32 Å². The number of rotatable bonds is 2. The van der Waals surface area contributed by atoms with E-state index >= 15 is 0 Å². The monoisotopic (exact) mass is 295 g/mol. The molecule has 0 bridgehead atoms. The number of hydrogen-bond acceptors (Lipinski definition) is 4. The van der Waals surface area contributed by atoms with Crippen molar-refractivity contribution in [1.82, 2.24) is 9.97 Å². The van der Waals surface area contributed by atoms with Crippen LogP contribution in [-0.2, 0) is 6.18 Å². The molecule has 3 aromatic rings. The molecule has 0 atom stereocenters. The van der Waals surface area contributed by atoms with E-state index in [9.17, 15) is 13.2 Å². The Morgan fingerprint density at radius 2 is 2.00 bits per heavy atom. The molecule has 20 heavy (non-hydrogen) atoms. The molecule has 3 rings (SSSR count). The van der Waals surface area contributed by atoms with E-state index in [0.29, 0.717) is 16.3 Å². The second kappa shape index (κ2) is 4.75. The van der Waals surface area contributed by atoms with Gasteiger partial charge in [-0.25, -0.2) is 4.98 Å². The third kappa shape index (κ3) is 2.57. The van der Waals surface area contributed by atoms with Gasteiger partial charge in [-0.15, -0.1) is 0 Å². The van der Waals surface area contributed by atoms with Gasteiger partial charge >= 0.3 is 6.18 Å². The number of nitrogens with one attached hydrogen (secondary N) is 1. The minimum absolute atomic E-state index is 0.354. The zero-order valence-corrected chi connectivity index (χ0v) is 10.8. The number of alkyl halides is 3. The Bertz CT molecular complexity index is 719. The summed E-state index contributed by atoms with van der Waals surface area (Å²) < 4.78 is 38.8. The van der Waals surface area contributed by atoms with Crippen molar-refractivity contribution < 1.29 is 13.2 Å². The van der Waals surface area contributed by atoms with Crippen molar-refractivity contribution in [2.75, 3.05) is 5.32 Å². The zero-order valence-electron chi connectivity index (χ0n) is 9.98. The Kier molecular flexibility index (Phi) is 3.06. The van der Waals surface area contributed by atoms with Crippen molar-refractivity contribution in [3.63, 3.8) is 0 Å². The van der Waals surface area contributed by atoms with Crippen LogP contribution in [0.1, 0.15) is 5.56 Å². The van der Waals surface area contributed by atoms with Gasteiger partial charge in [-0.3, -0.25) is 4.98 Å². The first-order valence-electron chi connectivity index (χ1n) is 5.67. The standard InChI is InChI=1S/C13H8F3N3S/c14-13(15,16)8-2-1-3-9(6-8)18-12-19-10-7-17-5-4-11(10)20-12/h1-7H,(H,18,19). The molecule has 0 amide bonds. The average molecular weight is 295 g/mol.